The molecule has 2 rings (SSSR count). The Morgan fingerprint density at radius 2 is 2.15 bits per heavy atom. The fourth-order valence-electron chi connectivity index (χ4n) is 1.13. The maximum atomic E-state index is 9.18. The van der Waals surface area contributed by atoms with Gasteiger partial charge >= 0.3 is 0 Å². The molecule has 0 radical (unpaired) electrons. The van der Waals surface area contributed by atoms with E-state index in [1.165, 1.54) is 6.20 Å². The number of hydrogen-bond acceptors (Lipinski definition) is 2. The van der Waals surface area contributed by atoms with Crippen molar-refractivity contribution in [3.8, 4) is 5.75 Å². The summed E-state index contributed by atoms with van der Waals surface area (Å²) >= 11 is 9.21. The van der Waals surface area contributed by atoms with Crippen molar-refractivity contribution in [2.75, 3.05) is 0 Å². The zero-order valence-electron chi connectivity index (χ0n) is 6.46. The maximum Gasteiger partial charge on any atom is 0.134 e. The standard InChI is InChI=1S/C9H5BrClNO/c10-8-7(11)2-1-5-3-6(13)4-12-9(5)8/h1-4,13H. The molecule has 1 N–H and O–H groups in total. The normalized spacial score (nSPS) is 10.6. The van der Waals surface area contributed by atoms with Crippen LogP contribution in [0.2, 0.25) is 5.02 Å². The van der Waals surface area contributed by atoms with Gasteiger partial charge in [0.15, 0.2) is 0 Å². The summed E-state index contributed by atoms with van der Waals surface area (Å²) in [6.45, 7) is 0. The molecule has 13 heavy (non-hydrogen) atoms. The van der Waals surface area contributed by atoms with Gasteiger partial charge < -0.3 is 5.11 Å². The highest BCUT2D eigenvalue weighted by Gasteiger charge is 2.04. The highest BCUT2D eigenvalue weighted by atomic mass is 79.9. The van der Waals surface area contributed by atoms with Crippen LogP contribution in [0.4, 0.5) is 0 Å². The Morgan fingerprint density at radius 3 is 2.92 bits per heavy atom. The number of aromatic hydroxyl groups is 1. The number of hydrogen-bond donors (Lipinski definition) is 1. The van der Waals surface area contributed by atoms with Gasteiger partial charge in [0, 0.05) is 5.39 Å². The predicted octanol–water partition coefficient (Wildman–Crippen LogP) is 3.36. The van der Waals surface area contributed by atoms with E-state index in [0.29, 0.717) is 5.02 Å². The number of aromatic nitrogens is 1. The largest absolute Gasteiger partial charge is 0.506 e. The first kappa shape index (κ1) is 8.78. The summed E-state index contributed by atoms with van der Waals surface area (Å²) in [6, 6.07) is 5.22. The van der Waals surface area contributed by atoms with Crippen LogP contribution in [0.15, 0.2) is 28.9 Å². The average molecular weight is 259 g/mol. The monoisotopic (exact) mass is 257 g/mol. The SMILES string of the molecule is Oc1cnc2c(Br)c(Cl)ccc2c1. The number of rotatable bonds is 0. The predicted molar refractivity (Wildman–Crippen MR) is 56.1 cm³/mol. The molecule has 1 heterocycles. The number of halogens is 2. The Kier molecular flexibility index (Phi) is 2.14. The second-order valence-electron chi connectivity index (χ2n) is 2.63. The molecule has 1 aromatic heterocycles. The molecule has 0 amide bonds. The molecular formula is C9H5BrClNO. The molecule has 0 unspecified atom stereocenters. The Morgan fingerprint density at radius 1 is 1.38 bits per heavy atom. The van der Waals surface area contributed by atoms with Crippen LogP contribution in [0, 0.1) is 0 Å². The molecule has 1 aromatic carbocycles. The Balaban J connectivity index is 2.87. The van der Waals surface area contributed by atoms with Gasteiger partial charge in [-0.3, -0.25) is 4.98 Å². The molecule has 2 aromatic rings. The molecule has 0 saturated carbocycles. The lowest BCUT2D eigenvalue weighted by atomic mass is 10.2. The van der Waals surface area contributed by atoms with Crippen LogP contribution < -0.4 is 0 Å². The van der Waals surface area contributed by atoms with E-state index in [-0.39, 0.29) is 5.75 Å². The van der Waals surface area contributed by atoms with E-state index in [1.54, 1.807) is 12.1 Å². The summed E-state index contributed by atoms with van der Waals surface area (Å²) in [6.07, 6.45) is 1.39. The maximum absolute atomic E-state index is 9.18. The zero-order chi connectivity index (χ0) is 9.42. The number of nitrogens with zero attached hydrogens (tertiary/aromatic N) is 1. The van der Waals surface area contributed by atoms with Gasteiger partial charge in [-0.2, -0.15) is 0 Å². The van der Waals surface area contributed by atoms with Gasteiger partial charge in [-0.25, -0.2) is 0 Å². The second-order valence-corrected chi connectivity index (χ2v) is 3.83. The highest BCUT2D eigenvalue weighted by Crippen LogP contribution is 2.30. The molecule has 2 nitrogen and oxygen atoms in total. The summed E-state index contributed by atoms with van der Waals surface area (Å²) in [5, 5.41) is 10.7. The molecule has 0 aliphatic carbocycles. The van der Waals surface area contributed by atoms with E-state index in [1.807, 2.05) is 6.07 Å². The Labute approximate surface area is 88.3 Å². The Hall–Kier alpha value is -0.800. The van der Waals surface area contributed by atoms with Gasteiger partial charge in [0.05, 0.1) is 21.2 Å². The summed E-state index contributed by atoms with van der Waals surface area (Å²) in [4.78, 5) is 4.06. The van der Waals surface area contributed by atoms with Crippen LogP contribution in [-0.4, -0.2) is 10.1 Å². The van der Waals surface area contributed by atoms with Crippen molar-refractivity contribution in [3.63, 3.8) is 0 Å². The zero-order valence-corrected chi connectivity index (χ0v) is 8.80. The summed E-state index contributed by atoms with van der Waals surface area (Å²) in [7, 11) is 0. The first-order valence-electron chi connectivity index (χ1n) is 3.61. The molecule has 0 aliphatic rings. The van der Waals surface area contributed by atoms with E-state index in [9.17, 15) is 5.11 Å². The number of pyridine rings is 1. The Bertz CT molecular complexity index is 472. The van der Waals surface area contributed by atoms with Crippen LogP contribution >= 0.6 is 27.5 Å². The quantitative estimate of drug-likeness (QED) is 0.786. The van der Waals surface area contributed by atoms with Crippen LogP contribution in [0.25, 0.3) is 10.9 Å². The van der Waals surface area contributed by atoms with Crippen molar-refractivity contribution in [2.24, 2.45) is 0 Å². The third kappa shape index (κ3) is 1.49. The van der Waals surface area contributed by atoms with Crippen molar-refractivity contribution < 1.29 is 5.11 Å². The van der Waals surface area contributed by atoms with Crippen LogP contribution in [0.1, 0.15) is 0 Å². The second kappa shape index (κ2) is 3.16. The van der Waals surface area contributed by atoms with E-state index < -0.39 is 0 Å². The average Bonchev–Trinajstić information content (AvgIpc) is 2.12. The van der Waals surface area contributed by atoms with Gasteiger partial charge in [0.1, 0.15) is 5.75 Å². The topological polar surface area (TPSA) is 33.1 Å². The smallest absolute Gasteiger partial charge is 0.134 e. The van der Waals surface area contributed by atoms with E-state index >= 15 is 0 Å². The van der Waals surface area contributed by atoms with E-state index in [4.69, 9.17) is 11.6 Å². The molecular weight excluding hydrogens is 253 g/mol. The first-order chi connectivity index (χ1) is 6.18. The fraction of sp³-hybridized carbons (Fsp3) is 0. The van der Waals surface area contributed by atoms with Crippen LogP contribution in [0.5, 0.6) is 5.75 Å². The van der Waals surface area contributed by atoms with Crippen molar-refractivity contribution in [1.82, 2.24) is 4.98 Å². The van der Waals surface area contributed by atoms with Gasteiger partial charge in [-0.05, 0) is 28.1 Å². The lowest BCUT2D eigenvalue weighted by molar-refractivity contribution is 0.474. The molecule has 66 valence electrons. The minimum Gasteiger partial charge on any atom is -0.506 e. The number of benzene rings is 1. The lowest BCUT2D eigenvalue weighted by Gasteiger charge is -2.01. The summed E-state index contributed by atoms with van der Waals surface area (Å²) < 4.78 is 0.756. The van der Waals surface area contributed by atoms with Crippen molar-refractivity contribution in [2.45, 2.75) is 0 Å². The highest BCUT2D eigenvalue weighted by molar-refractivity contribution is 9.10. The third-order valence-electron chi connectivity index (χ3n) is 1.73. The van der Waals surface area contributed by atoms with Crippen molar-refractivity contribution >= 4 is 38.4 Å². The minimum absolute atomic E-state index is 0.154. The van der Waals surface area contributed by atoms with Crippen LogP contribution in [0.3, 0.4) is 0 Å². The van der Waals surface area contributed by atoms with Gasteiger partial charge in [0.2, 0.25) is 0 Å². The molecule has 4 heteroatoms. The first-order valence-corrected chi connectivity index (χ1v) is 4.78. The molecule has 0 saturated heterocycles. The van der Waals surface area contributed by atoms with E-state index in [2.05, 4.69) is 20.9 Å². The van der Waals surface area contributed by atoms with Crippen molar-refractivity contribution in [1.29, 1.82) is 0 Å². The van der Waals surface area contributed by atoms with Gasteiger partial charge in [-0.15, -0.1) is 0 Å². The summed E-state index contributed by atoms with van der Waals surface area (Å²) in [5.41, 5.74) is 0.755. The fourth-order valence-corrected chi connectivity index (χ4v) is 1.75. The number of fused-ring (bicyclic) bond motifs is 1. The summed E-state index contributed by atoms with van der Waals surface area (Å²) in [5.74, 6) is 0.154. The lowest BCUT2D eigenvalue weighted by Crippen LogP contribution is -1.80. The van der Waals surface area contributed by atoms with Crippen molar-refractivity contribution in [3.05, 3.63) is 33.9 Å². The third-order valence-corrected chi connectivity index (χ3v) is 3.08. The molecule has 0 aliphatic heterocycles. The van der Waals surface area contributed by atoms with Gasteiger partial charge in [-0.1, -0.05) is 17.7 Å². The van der Waals surface area contributed by atoms with E-state index in [0.717, 1.165) is 15.4 Å². The molecule has 0 fully saturated rings. The minimum atomic E-state index is 0.154. The molecule has 0 atom stereocenters. The van der Waals surface area contributed by atoms with Gasteiger partial charge in [0.25, 0.3) is 0 Å². The molecule has 0 spiro atoms. The van der Waals surface area contributed by atoms with Crippen LogP contribution in [-0.2, 0) is 0 Å². The molecule has 0 bridgehead atoms.